The summed E-state index contributed by atoms with van der Waals surface area (Å²) in [6.45, 7) is 3.48. The molecule has 6 nitrogen and oxygen atoms in total. The first kappa shape index (κ1) is 19.5. The second kappa shape index (κ2) is 7.91. The van der Waals surface area contributed by atoms with Gasteiger partial charge in [-0.2, -0.15) is 0 Å². The van der Waals surface area contributed by atoms with Crippen LogP contribution in [-0.2, 0) is 6.42 Å². The summed E-state index contributed by atoms with van der Waals surface area (Å²) >= 11 is 0. The van der Waals surface area contributed by atoms with Crippen LogP contribution in [0.25, 0.3) is 0 Å². The molecule has 0 aliphatic carbocycles. The Bertz CT molecular complexity index is 1160. The number of nitrogens with one attached hydrogen (secondary N) is 1. The molecule has 2 aromatic carbocycles. The van der Waals surface area contributed by atoms with Crippen molar-refractivity contribution in [3.05, 3.63) is 89.2 Å². The Morgan fingerprint density at radius 3 is 2.60 bits per heavy atom. The van der Waals surface area contributed by atoms with Crippen molar-refractivity contribution in [1.82, 2.24) is 4.98 Å². The SMILES string of the molecule is CC(=O)c1cccc(NC(=O)c2cc(C(=O)N3c4ccccc4CC3C)ccn2)c1. The van der Waals surface area contributed by atoms with E-state index < -0.39 is 5.91 Å². The first-order valence-corrected chi connectivity index (χ1v) is 9.74. The van der Waals surface area contributed by atoms with E-state index in [1.54, 1.807) is 35.2 Å². The molecule has 30 heavy (non-hydrogen) atoms. The first-order valence-electron chi connectivity index (χ1n) is 9.74. The van der Waals surface area contributed by atoms with Crippen LogP contribution in [0.5, 0.6) is 0 Å². The van der Waals surface area contributed by atoms with E-state index in [2.05, 4.69) is 10.3 Å². The third-order valence-electron chi connectivity index (χ3n) is 5.19. The highest BCUT2D eigenvalue weighted by molar-refractivity contribution is 6.10. The molecule has 6 heteroatoms. The molecule has 1 unspecified atom stereocenters. The Morgan fingerprint density at radius 2 is 1.80 bits per heavy atom. The Morgan fingerprint density at radius 1 is 1.00 bits per heavy atom. The summed E-state index contributed by atoms with van der Waals surface area (Å²) in [6, 6.07) is 17.7. The van der Waals surface area contributed by atoms with Crippen LogP contribution in [0, 0.1) is 0 Å². The fourth-order valence-corrected chi connectivity index (χ4v) is 3.71. The zero-order valence-electron chi connectivity index (χ0n) is 16.8. The van der Waals surface area contributed by atoms with Crippen LogP contribution in [0.2, 0.25) is 0 Å². The van der Waals surface area contributed by atoms with Crippen LogP contribution >= 0.6 is 0 Å². The summed E-state index contributed by atoms with van der Waals surface area (Å²) in [6.07, 6.45) is 2.26. The van der Waals surface area contributed by atoms with Gasteiger partial charge in [0.2, 0.25) is 0 Å². The summed E-state index contributed by atoms with van der Waals surface area (Å²) in [4.78, 5) is 43.3. The molecule has 1 N–H and O–H groups in total. The van der Waals surface area contributed by atoms with Gasteiger partial charge in [0.05, 0.1) is 0 Å². The van der Waals surface area contributed by atoms with E-state index in [1.807, 2.05) is 31.2 Å². The number of anilines is 2. The molecule has 0 spiro atoms. The number of carbonyl (C=O) groups excluding carboxylic acids is 3. The number of para-hydroxylation sites is 1. The molecule has 2 heterocycles. The lowest BCUT2D eigenvalue weighted by Gasteiger charge is -2.23. The molecule has 0 saturated heterocycles. The van der Waals surface area contributed by atoms with Gasteiger partial charge in [0.15, 0.2) is 5.78 Å². The number of ketones is 1. The lowest BCUT2D eigenvalue weighted by molar-refractivity contribution is 0.0979. The number of carbonyl (C=O) groups is 3. The van der Waals surface area contributed by atoms with Gasteiger partial charge in [-0.15, -0.1) is 0 Å². The minimum Gasteiger partial charge on any atom is -0.321 e. The van der Waals surface area contributed by atoms with Gasteiger partial charge in [0.1, 0.15) is 5.69 Å². The van der Waals surface area contributed by atoms with E-state index in [4.69, 9.17) is 0 Å². The number of rotatable bonds is 4. The molecule has 2 amide bonds. The Hall–Kier alpha value is -3.80. The fraction of sp³-hybridized carbons (Fsp3) is 0.167. The molecule has 4 rings (SSSR count). The van der Waals surface area contributed by atoms with Gasteiger partial charge in [-0.1, -0.05) is 30.3 Å². The maximum absolute atomic E-state index is 13.2. The van der Waals surface area contributed by atoms with E-state index in [0.717, 1.165) is 17.7 Å². The van der Waals surface area contributed by atoms with Crippen LogP contribution < -0.4 is 10.2 Å². The van der Waals surface area contributed by atoms with Crippen molar-refractivity contribution in [2.45, 2.75) is 26.3 Å². The molecule has 1 aliphatic rings. The standard InChI is InChI=1S/C24H21N3O3/c1-15-12-18-6-3-4-9-22(18)27(15)24(30)19-10-11-25-21(14-19)23(29)26-20-8-5-7-17(13-20)16(2)28/h3-11,13-15H,12H2,1-2H3,(H,26,29). The first-order chi connectivity index (χ1) is 14.4. The number of Topliss-reactive ketones (excluding diaryl/α,β-unsaturated/α-hetero) is 1. The minimum absolute atomic E-state index is 0.0367. The van der Waals surface area contributed by atoms with Crippen LogP contribution in [0.15, 0.2) is 66.9 Å². The normalized spacial score (nSPS) is 14.9. The van der Waals surface area contributed by atoms with Crippen LogP contribution in [0.3, 0.4) is 0 Å². The number of nitrogens with zero attached hydrogens (tertiary/aromatic N) is 2. The smallest absolute Gasteiger partial charge is 0.274 e. The van der Waals surface area contributed by atoms with Crippen LogP contribution in [0.4, 0.5) is 11.4 Å². The van der Waals surface area contributed by atoms with Gasteiger partial charge in [-0.05, 0) is 56.2 Å². The van der Waals surface area contributed by atoms with Crippen molar-refractivity contribution >= 4 is 29.0 Å². The number of hydrogen-bond acceptors (Lipinski definition) is 4. The topological polar surface area (TPSA) is 79.4 Å². The summed E-state index contributed by atoms with van der Waals surface area (Å²) in [7, 11) is 0. The van der Waals surface area contributed by atoms with Gasteiger partial charge in [0.25, 0.3) is 11.8 Å². The van der Waals surface area contributed by atoms with E-state index in [-0.39, 0.29) is 23.4 Å². The van der Waals surface area contributed by atoms with Crippen molar-refractivity contribution in [3.8, 4) is 0 Å². The third kappa shape index (κ3) is 3.72. The van der Waals surface area contributed by atoms with E-state index >= 15 is 0 Å². The Balaban J connectivity index is 1.57. The summed E-state index contributed by atoms with van der Waals surface area (Å²) in [5.41, 5.74) is 3.57. The minimum atomic E-state index is -0.444. The number of aromatic nitrogens is 1. The molecule has 1 aromatic heterocycles. The van der Waals surface area contributed by atoms with Crippen molar-refractivity contribution in [2.24, 2.45) is 0 Å². The van der Waals surface area contributed by atoms with Gasteiger partial charge in [0, 0.05) is 34.7 Å². The highest BCUT2D eigenvalue weighted by atomic mass is 16.2. The van der Waals surface area contributed by atoms with Crippen molar-refractivity contribution in [2.75, 3.05) is 10.2 Å². The number of amides is 2. The molecule has 1 atom stereocenters. The van der Waals surface area contributed by atoms with E-state index in [0.29, 0.717) is 16.8 Å². The average molecular weight is 399 g/mol. The number of fused-ring (bicyclic) bond motifs is 1. The maximum atomic E-state index is 13.2. The fourth-order valence-electron chi connectivity index (χ4n) is 3.71. The molecule has 1 aliphatic heterocycles. The van der Waals surface area contributed by atoms with Crippen molar-refractivity contribution < 1.29 is 14.4 Å². The number of benzene rings is 2. The third-order valence-corrected chi connectivity index (χ3v) is 5.19. The van der Waals surface area contributed by atoms with E-state index in [9.17, 15) is 14.4 Å². The van der Waals surface area contributed by atoms with E-state index in [1.165, 1.54) is 19.2 Å². The maximum Gasteiger partial charge on any atom is 0.274 e. The van der Waals surface area contributed by atoms with Gasteiger partial charge < -0.3 is 10.2 Å². The van der Waals surface area contributed by atoms with Gasteiger partial charge >= 0.3 is 0 Å². The average Bonchev–Trinajstić information content (AvgIpc) is 3.09. The Labute approximate surface area is 174 Å². The van der Waals surface area contributed by atoms with Gasteiger partial charge in [-0.3, -0.25) is 19.4 Å². The van der Waals surface area contributed by atoms with Gasteiger partial charge in [-0.25, -0.2) is 0 Å². The number of pyridine rings is 1. The van der Waals surface area contributed by atoms with Crippen molar-refractivity contribution in [1.29, 1.82) is 0 Å². The lowest BCUT2D eigenvalue weighted by Crippen LogP contribution is -2.35. The van der Waals surface area contributed by atoms with Crippen molar-refractivity contribution in [3.63, 3.8) is 0 Å². The lowest BCUT2D eigenvalue weighted by atomic mass is 10.1. The molecule has 0 radical (unpaired) electrons. The molecule has 150 valence electrons. The van der Waals surface area contributed by atoms with Crippen LogP contribution in [-0.4, -0.2) is 28.6 Å². The zero-order valence-corrected chi connectivity index (χ0v) is 16.8. The second-order valence-corrected chi connectivity index (χ2v) is 7.38. The highest BCUT2D eigenvalue weighted by Gasteiger charge is 2.31. The molecule has 3 aromatic rings. The zero-order chi connectivity index (χ0) is 21.3. The molecular weight excluding hydrogens is 378 g/mol. The highest BCUT2D eigenvalue weighted by Crippen LogP contribution is 2.33. The number of hydrogen-bond donors (Lipinski definition) is 1. The summed E-state index contributed by atoms with van der Waals surface area (Å²) in [5, 5.41) is 2.74. The monoisotopic (exact) mass is 399 g/mol. The summed E-state index contributed by atoms with van der Waals surface area (Å²) in [5.74, 6) is -0.695. The largest absolute Gasteiger partial charge is 0.321 e. The summed E-state index contributed by atoms with van der Waals surface area (Å²) < 4.78 is 0. The molecule has 0 fully saturated rings. The molecular formula is C24H21N3O3. The Kier molecular flexibility index (Phi) is 5.14. The second-order valence-electron chi connectivity index (χ2n) is 7.38. The quantitative estimate of drug-likeness (QED) is 0.669. The predicted octanol–water partition coefficient (Wildman–Crippen LogP) is 4.13. The van der Waals surface area contributed by atoms with Crippen LogP contribution in [0.1, 0.15) is 50.6 Å². The molecule has 0 saturated carbocycles. The predicted molar refractivity (Wildman–Crippen MR) is 115 cm³/mol. The molecule has 0 bridgehead atoms.